The number of benzene rings is 1. The molecule has 6 heteroatoms. The number of urea groups is 1. The highest BCUT2D eigenvalue weighted by molar-refractivity contribution is 6.39. The van der Waals surface area contributed by atoms with Gasteiger partial charge in [0.1, 0.15) is 5.57 Å². The van der Waals surface area contributed by atoms with Crippen molar-refractivity contribution in [3.63, 3.8) is 0 Å². The Bertz CT molecular complexity index is 864. The van der Waals surface area contributed by atoms with Gasteiger partial charge in [-0.2, -0.15) is 0 Å². The zero-order valence-electron chi connectivity index (χ0n) is 13.4. The van der Waals surface area contributed by atoms with Crippen molar-refractivity contribution in [2.75, 3.05) is 4.90 Å². The summed E-state index contributed by atoms with van der Waals surface area (Å²) in [5, 5.41) is 2.24. The second-order valence-corrected chi connectivity index (χ2v) is 5.48. The summed E-state index contributed by atoms with van der Waals surface area (Å²) in [5.74, 6) is -1.30. The number of nitrogens with zero attached hydrogens (tertiary/aromatic N) is 2. The van der Waals surface area contributed by atoms with Crippen LogP contribution in [0.3, 0.4) is 0 Å². The number of nitrogens with one attached hydrogen (secondary N) is 1. The largest absolute Gasteiger partial charge is 0.351 e. The Labute approximate surface area is 139 Å². The molecule has 1 fully saturated rings. The zero-order valence-corrected chi connectivity index (χ0v) is 13.4. The van der Waals surface area contributed by atoms with Crippen molar-refractivity contribution in [1.29, 1.82) is 0 Å². The minimum atomic E-state index is -0.727. The Morgan fingerprint density at radius 1 is 1.08 bits per heavy atom. The number of anilines is 1. The van der Waals surface area contributed by atoms with Crippen molar-refractivity contribution >= 4 is 29.6 Å². The lowest BCUT2D eigenvalue weighted by Crippen LogP contribution is -2.54. The van der Waals surface area contributed by atoms with E-state index in [9.17, 15) is 14.4 Å². The average Bonchev–Trinajstić information content (AvgIpc) is 2.96. The van der Waals surface area contributed by atoms with E-state index >= 15 is 0 Å². The molecule has 0 atom stereocenters. The molecule has 0 bridgehead atoms. The summed E-state index contributed by atoms with van der Waals surface area (Å²) in [5.41, 5.74) is 1.98. The van der Waals surface area contributed by atoms with Crippen molar-refractivity contribution < 1.29 is 14.4 Å². The number of amides is 4. The molecule has 6 nitrogen and oxygen atoms in total. The summed E-state index contributed by atoms with van der Waals surface area (Å²) in [6.45, 7) is 1.94. The van der Waals surface area contributed by atoms with Crippen LogP contribution in [0.25, 0.3) is 6.08 Å². The van der Waals surface area contributed by atoms with Gasteiger partial charge in [0.25, 0.3) is 11.8 Å². The minimum Gasteiger partial charge on any atom is -0.351 e. The fraction of sp³-hybridized carbons (Fsp3) is 0.167. The average molecular weight is 323 g/mol. The highest BCUT2D eigenvalue weighted by Gasteiger charge is 2.37. The maximum atomic E-state index is 12.8. The molecule has 0 spiro atoms. The summed E-state index contributed by atoms with van der Waals surface area (Å²) in [7, 11) is 1.81. The lowest BCUT2D eigenvalue weighted by Gasteiger charge is -2.27. The molecule has 1 N–H and O–H groups in total. The van der Waals surface area contributed by atoms with Crippen LogP contribution in [0.1, 0.15) is 18.2 Å². The molecule has 24 heavy (non-hydrogen) atoms. The van der Waals surface area contributed by atoms with E-state index in [0.29, 0.717) is 17.8 Å². The molecule has 1 aliphatic rings. The zero-order chi connectivity index (χ0) is 17.3. The predicted molar refractivity (Wildman–Crippen MR) is 90.2 cm³/mol. The fourth-order valence-corrected chi connectivity index (χ4v) is 2.68. The maximum absolute atomic E-state index is 12.8. The van der Waals surface area contributed by atoms with Crippen LogP contribution in [0, 0.1) is 0 Å². The van der Waals surface area contributed by atoms with Crippen molar-refractivity contribution in [3.05, 3.63) is 59.4 Å². The van der Waals surface area contributed by atoms with Crippen molar-refractivity contribution in [2.24, 2.45) is 7.05 Å². The number of barbiturate groups is 1. The normalized spacial score (nSPS) is 16.7. The first-order valence-electron chi connectivity index (χ1n) is 7.63. The first kappa shape index (κ1) is 15.7. The van der Waals surface area contributed by atoms with E-state index in [1.54, 1.807) is 22.8 Å². The number of para-hydroxylation sites is 1. The highest BCUT2D eigenvalue weighted by Crippen LogP contribution is 2.25. The SMILES string of the molecule is CCc1ccccc1N1C(=O)NC(=O)/C(=C\c2cccn2C)C1=O. The van der Waals surface area contributed by atoms with Gasteiger partial charge in [0.2, 0.25) is 0 Å². The fourth-order valence-electron chi connectivity index (χ4n) is 2.68. The molecular formula is C18H17N3O3. The second kappa shape index (κ2) is 6.16. The molecule has 1 aliphatic heterocycles. The van der Waals surface area contributed by atoms with Gasteiger partial charge in [0, 0.05) is 18.9 Å². The lowest BCUT2D eigenvalue weighted by atomic mass is 10.1. The van der Waals surface area contributed by atoms with Crippen LogP contribution in [-0.2, 0) is 23.1 Å². The Morgan fingerprint density at radius 2 is 1.83 bits per heavy atom. The number of hydrogen-bond donors (Lipinski definition) is 1. The van der Waals surface area contributed by atoms with E-state index in [0.717, 1.165) is 10.5 Å². The summed E-state index contributed by atoms with van der Waals surface area (Å²) in [4.78, 5) is 38.2. The van der Waals surface area contributed by atoms with Crippen LogP contribution in [0.2, 0.25) is 0 Å². The summed E-state index contributed by atoms with van der Waals surface area (Å²) in [6.07, 6.45) is 3.97. The van der Waals surface area contributed by atoms with Crippen molar-refractivity contribution in [2.45, 2.75) is 13.3 Å². The maximum Gasteiger partial charge on any atom is 0.335 e. The Hall–Kier alpha value is -3.15. The number of aryl methyl sites for hydroxylation is 2. The molecule has 4 amide bonds. The van der Waals surface area contributed by atoms with Crippen LogP contribution in [-0.4, -0.2) is 22.4 Å². The van der Waals surface area contributed by atoms with Gasteiger partial charge in [-0.25, -0.2) is 9.69 Å². The van der Waals surface area contributed by atoms with E-state index in [-0.39, 0.29) is 5.57 Å². The predicted octanol–water partition coefficient (Wildman–Crippen LogP) is 2.25. The third-order valence-corrected chi connectivity index (χ3v) is 3.99. The molecule has 2 aromatic rings. The third kappa shape index (κ3) is 2.62. The minimum absolute atomic E-state index is 0.0673. The summed E-state index contributed by atoms with van der Waals surface area (Å²) in [6, 6.07) is 10.0. The molecule has 0 radical (unpaired) electrons. The molecule has 2 heterocycles. The third-order valence-electron chi connectivity index (χ3n) is 3.99. The van der Waals surface area contributed by atoms with E-state index in [1.165, 1.54) is 6.08 Å². The Balaban J connectivity index is 2.07. The molecule has 1 aromatic heterocycles. The summed E-state index contributed by atoms with van der Waals surface area (Å²) < 4.78 is 1.79. The van der Waals surface area contributed by atoms with Gasteiger partial charge in [-0.1, -0.05) is 25.1 Å². The van der Waals surface area contributed by atoms with Gasteiger partial charge in [-0.3, -0.25) is 14.9 Å². The standard InChI is InChI=1S/C18H17N3O3/c1-3-12-7-4-5-9-15(12)21-17(23)14(16(22)19-18(21)24)11-13-8-6-10-20(13)2/h4-11H,3H2,1-2H3,(H,19,22,24)/b14-11+. The lowest BCUT2D eigenvalue weighted by molar-refractivity contribution is -0.122. The van der Waals surface area contributed by atoms with Crippen LogP contribution in [0.4, 0.5) is 10.5 Å². The van der Waals surface area contributed by atoms with Gasteiger partial charge in [-0.15, -0.1) is 0 Å². The highest BCUT2D eigenvalue weighted by atomic mass is 16.2. The van der Waals surface area contributed by atoms with Gasteiger partial charge in [0.15, 0.2) is 0 Å². The smallest absolute Gasteiger partial charge is 0.335 e. The number of carbonyl (C=O) groups is 3. The molecule has 122 valence electrons. The number of carbonyl (C=O) groups excluding carboxylic acids is 3. The van der Waals surface area contributed by atoms with Crippen LogP contribution < -0.4 is 10.2 Å². The number of hydrogen-bond acceptors (Lipinski definition) is 3. The van der Waals surface area contributed by atoms with Crippen LogP contribution >= 0.6 is 0 Å². The van der Waals surface area contributed by atoms with Gasteiger partial charge < -0.3 is 4.57 Å². The molecule has 1 aromatic carbocycles. The number of aromatic nitrogens is 1. The van der Waals surface area contributed by atoms with Crippen LogP contribution in [0.15, 0.2) is 48.2 Å². The number of imide groups is 2. The molecule has 0 aliphatic carbocycles. The molecule has 0 unspecified atom stereocenters. The molecule has 3 rings (SSSR count). The molecule has 0 saturated carbocycles. The van der Waals surface area contributed by atoms with Crippen LogP contribution in [0.5, 0.6) is 0 Å². The van der Waals surface area contributed by atoms with Gasteiger partial charge in [0.05, 0.1) is 5.69 Å². The quantitative estimate of drug-likeness (QED) is 0.695. The van der Waals surface area contributed by atoms with Crippen molar-refractivity contribution in [1.82, 2.24) is 9.88 Å². The molecular weight excluding hydrogens is 306 g/mol. The van der Waals surface area contributed by atoms with Gasteiger partial charge in [-0.05, 0) is 36.3 Å². The van der Waals surface area contributed by atoms with Crippen molar-refractivity contribution in [3.8, 4) is 0 Å². The van der Waals surface area contributed by atoms with Gasteiger partial charge >= 0.3 is 6.03 Å². The Kier molecular flexibility index (Phi) is 4.04. The number of rotatable bonds is 3. The first-order chi connectivity index (χ1) is 11.5. The van der Waals surface area contributed by atoms with E-state index in [4.69, 9.17) is 0 Å². The topological polar surface area (TPSA) is 71.4 Å². The van der Waals surface area contributed by atoms with E-state index < -0.39 is 17.8 Å². The van der Waals surface area contributed by atoms with E-state index in [1.807, 2.05) is 38.4 Å². The van der Waals surface area contributed by atoms with E-state index in [2.05, 4.69) is 5.32 Å². The second-order valence-electron chi connectivity index (χ2n) is 5.48. The monoisotopic (exact) mass is 323 g/mol. The Morgan fingerprint density at radius 3 is 2.50 bits per heavy atom. The summed E-state index contributed by atoms with van der Waals surface area (Å²) >= 11 is 0. The molecule has 1 saturated heterocycles. The first-order valence-corrected chi connectivity index (χ1v) is 7.63.